The van der Waals surface area contributed by atoms with Crippen molar-refractivity contribution in [2.45, 2.75) is 76.0 Å². The molecule has 6 unspecified atom stereocenters. The molecule has 0 aromatic rings. The quantitative estimate of drug-likeness (QED) is 0.559. The fraction of sp³-hybridized carbons (Fsp3) is 0.929. The van der Waals surface area contributed by atoms with Crippen molar-refractivity contribution in [1.29, 1.82) is 0 Å². The van der Waals surface area contributed by atoms with Crippen LogP contribution < -0.4 is 0 Å². The maximum absolute atomic E-state index is 9.93. The smallest absolute Gasteiger partial charge is 0.293 e. The van der Waals surface area contributed by atoms with Gasteiger partial charge in [0.2, 0.25) is 0 Å². The average Bonchev–Trinajstić information content (AvgIpc) is 3.23. The molecule has 18 heavy (non-hydrogen) atoms. The second-order valence-electron chi connectivity index (χ2n) is 6.01. The minimum absolute atomic E-state index is 0.126. The first-order valence-electron chi connectivity index (χ1n) is 7.16. The highest BCUT2D eigenvalue weighted by molar-refractivity contribution is 5.37. The standard InChI is InChI=1S/C7H10O3.C7H12O/c8-4-9-5-1-2-6-7(3-5)10-6;1-5-2-3-6-7(4-5)8-6/h4-7H,1-3H2;5-7H,2-4H2,1H3. The molecule has 0 N–H and O–H groups in total. The van der Waals surface area contributed by atoms with Crippen LogP contribution in [0.3, 0.4) is 0 Å². The van der Waals surface area contributed by atoms with Crippen LogP contribution in [-0.2, 0) is 19.0 Å². The van der Waals surface area contributed by atoms with Gasteiger partial charge in [-0.2, -0.15) is 0 Å². The molecule has 4 nitrogen and oxygen atoms in total. The van der Waals surface area contributed by atoms with Gasteiger partial charge < -0.3 is 14.2 Å². The first kappa shape index (κ1) is 12.4. The molecule has 4 fully saturated rings. The lowest BCUT2D eigenvalue weighted by atomic mass is 9.91. The molecule has 2 heterocycles. The van der Waals surface area contributed by atoms with Gasteiger partial charge >= 0.3 is 0 Å². The second kappa shape index (κ2) is 5.17. The van der Waals surface area contributed by atoms with E-state index in [9.17, 15) is 4.79 Å². The van der Waals surface area contributed by atoms with E-state index in [0.29, 0.717) is 30.9 Å². The molecule has 2 saturated carbocycles. The number of hydrogen-bond acceptors (Lipinski definition) is 4. The van der Waals surface area contributed by atoms with Crippen LogP contribution in [0, 0.1) is 5.92 Å². The summed E-state index contributed by atoms with van der Waals surface area (Å²) in [6, 6.07) is 0. The molecular formula is C14H22O4. The molecule has 0 spiro atoms. The molecule has 4 rings (SSSR count). The van der Waals surface area contributed by atoms with Crippen LogP contribution in [0.15, 0.2) is 0 Å². The molecule has 4 heteroatoms. The van der Waals surface area contributed by atoms with Crippen LogP contribution in [0.2, 0.25) is 0 Å². The Morgan fingerprint density at radius 2 is 1.61 bits per heavy atom. The van der Waals surface area contributed by atoms with E-state index in [0.717, 1.165) is 25.2 Å². The van der Waals surface area contributed by atoms with E-state index in [2.05, 4.69) is 6.92 Å². The van der Waals surface area contributed by atoms with E-state index in [-0.39, 0.29) is 6.10 Å². The molecule has 2 aliphatic heterocycles. The summed E-state index contributed by atoms with van der Waals surface area (Å²) in [6.45, 7) is 2.85. The van der Waals surface area contributed by atoms with Crippen LogP contribution in [-0.4, -0.2) is 37.0 Å². The fourth-order valence-electron chi connectivity index (χ4n) is 3.17. The predicted octanol–water partition coefficient (Wildman–Crippen LogP) is 2.05. The molecule has 2 saturated heterocycles. The van der Waals surface area contributed by atoms with Gasteiger partial charge in [-0.1, -0.05) is 6.92 Å². The largest absolute Gasteiger partial charge is 0.464 e. The van der Waals surface area contributed by atoms with Crippen LogP contribution in [0.1, 0.15) is 45.4 Å². The van der Waals surface area contributed by atoms with Crippen LogP contribution in [0.25, 0.3) is 0 Å². The third-order valence-electron chi connectivity index (χ3n) is 4.47. The molecule has 102 valence electrons. The minimum atomic E-state index is 0.126. The number of epoxide rings is 2. The normalized spacial score (nSPS) is 47.8. The number of ether oxygens (including phenoxy) is 3. The summed E-state index contributed by atoms with van der Waals surface area (Å²) in [5, 5.41) is 0. The molecule has 4 aliphatic rings. The van der Waals surface area contributed by atoms with Crippen molar-refractivity contribution in [2.75, 3.05) is 0 Å². The van der Waals surface area contributed by atoms with Crippen molar-refractivity contribution in [1.82, 2.24) is 0 Å². The molecule has 6 atom stereocenters. The highest BCUT2D eigenvalue weighted by atomic mass is 16.6. The van der Waals surface area contributed by atoms with Crippen molar-refractivity contribution < 1.29 is 19.0 Å². The van der Waals surface area contributed by atoms with E-state index < -0.39 is 0 Å². The second-order valence-corrected chi connectivity index (χ2v) is 6.01. The zero-order valence-corrected chi connectivity index (χ0v) is 10.9. The van der Waals surface area contributed by atoms with Gasteiger partial charge in [-0.3, -0.25) is 4.79 Å². The van der Waals surface area contributed by atoms with Gasteiger partial charge in [0.1, 0.15) is 6.10 Å². The molecule has 0 bridgehead atoms. The zero-order valence-electron chi connectivity index (χ0n) is 10.9. The monoisotopic (exact) mass is 254 g/mol. The maximum atomic E-state index is 9.93. The van der Waals surface area contributed by atoms with Crippen molar-refractivity contribution >= 4 is 6.47 Å². The lowest BCUT2D eigenvalue weighted by Gasteiger charge is -2.15. The highest BCUT2D eigenvalue weighted by Crippen LogP contribution is 2.39. The van der Waals surface area contributed by atoms with Crippen LogP contribution in [0.5, 0.6) is 0 Å². The van der Waals surface area contributed by atoms with Gasteiger partial charge in [0.15, 0.2) is 0 Å². The average molecular weight is 254 g/mol. The van der Waals surface area contributed by atoms with E-state index in [1.54, 1.807) is 0 Å². The first-order chi connectivity index (χ1) is 8.76. The van der Waals surface area contributed by atoms with Crippen molar-refractivity contribution in [3.05, 3.63) is 0 Å². The van der Waals surface area contributed by atoms with E-state index in [1.807, 2.05) is 0 Å². The third-order valence-corrected chi connectivity index (χ3v) is 4.47. The SMILES string of the molecule is CC1CCC2OC2C1.O=COC1CCC2OC2C1. The lowest BCUT2D eigenvalue weighted by Crippen LogP contribution is -2.20. The summed E-state index contributed by atoms with van der Waals surface area (Å²) in [6.07, 6.45) is 9.36. The third kappa shape index (κ3) is 3.04. The molecule has 2 aliphatic carbocycles. The van der Waals surface area contributed by atoms with Gasteiger partial charge in [0.25, 0.3) is 6.47 Å². The van der Waals surface area contributed by atoms with E-state index >= 15 is 0 Å². The van der Waals surface area contributed by atoms with Crippen molar-refractivity contribution in [3.63, 3.8) is 0 Å². The number of rotatable bonds is 2. The summed E-state index contributed by atoms with van der Waals surface area (Å²) in [5.74, 6) is 0.929. The summed E-state index contributed by atoms with van der Waals surface area (Å²) >= 11 is 0. The Kier molecular flexibility index (Phi) is 3.57. The number of hydrogen-bond donors (Lipinski definition) is 0. The first-order valence-corrected chi connectivity index (χ1v) is 7.16. The van der Waals surface area contributed by atoms with Gasteiger partial charge in [-0.15, -0.1) is 0 Å². The molecule has 0 radical (unpaired) electrons. The Hall–Kier alpha value is -0.610. The minimum Gasteiger partial charge on any atom is -0.464 e. The van der Waals surface area contributed by atoms with Crippen LogP contribution >= 0.6 is 0 Å². The Bertz CT molecular complexity index is 306. The zero-order chi connectivity index (χ0) is 12.5. The van der Waals surface area contributed by atoms with E-state index in [4.69, 9.17) is 14.2 Å². The Morgan fingerprint density at radius 1 is 0.944 bits per heavy atom. The van der Waals surface area contributed by atoms with E-state index in [1.165, 1.54) is 19.3 Å². The van der Waals surface area contributed by atoms with Gasteiger partial charge in [0.05, 0.1) is 24.4 Å². The molecule has 0 aromatic heterocycles. The Morgan fingerprint density at radius 3 is 2.17 bits per heavy atom. The number of fused-ring (bicyclic) bond motifs is 2. The Labute approximate surface area is 108 Å². The Balaban J connectivity index is 0.000000114. The van der Waals surface area contributed by atoms with Gasteiger partial charge in [0, 0.05) is 6.42 Å². The van der Waals surface area contributed by atoms with Gasteiger partial charge in [-0.05, 0) is 38.0 Å². The highest BCUT2D eigenvalue weighted by Gasteiger charge is 2.44. The van der Waals surface area contributed by atoms with Crippen LogP contribution in [0.4, 0.5) is 0 Å². The summed E-state index contributed by atoms with van der Waals surface area (Å²) in [5.41, 5.74) is 0. The lowest BCUT2D eigenvalue weighted by molar-refractivity contribution is -0.134. The molecule has 0 aromatic carbocycles. The predicted molar refractivity (Wildman–Crippen MR) is 65.1 cm³/mol. The number of carbonyl (C=O) groups excluding carboxylic acids is 1. The number of carbonyl (C=O) groups is 1. The topological polar surface area (TPSA) is 51.4 Å². The van der Waals surface area contributed by atoms with Crippen molar-refractivity contribution in [3.8, 4) is 0 Å². The molecule has 0 amide bonds. The summed E-state index contributed by atoms with van der Waals surface area (Å²) in [4.78, 5) is 9.93. The molecular weight excluding hydrogens is 232 g/mol. The summed E-state index contributed by atoms with van der Waals surface area (Å²) in [7, 11) is 0. The van der Waals surface area contributed by atoms with Gasteiger partial charge in [-0.25, -0.2) is 0 Å². The summed E-state index contributed by atoms with van der Waals surface area (Å²) < 4.78 is 15.4. The maximum Gasteiger partial charge on any atom is 0.293 e. The van der Waals surface area contributed by atoms with Crippen molar-refractivity contribution in [2.24, 2.45) is 5.92 Å². The fourth-order valence-corrected chi connectivity index (χ4v) is 3.17.